The van der Waals surface area contributed by atoms with Gasteiger partial charge in [0.2, 0.25) is 7.14 Å². The molecular weight excluding hydrogens is 323 g/mol. The van der Waals surface area contributed by atoms with Crippen molar-refractivity contribution in [2.75, 3.05) is 0 Å². The van der Waals surface area contributed by atoms with Crippen molar-refractivity contribution in [3.8, 4) is 11.6 Å². The predicted molar refractivity (Wildman–Crippen MR) is 98.1 cm³/mol. The molecule has 0 amide bonds. The molecule has 3 aromatic rings. The second-order valence-electron chi connectivity index (χ2n) is 5.02. The third-order valence-electron chi connectivity index (χ3n) is 3.44. The third kappa shape index (κ3) is 3.57. The van der Waals surface area contributed by atoms with Crippen LogP contribution in [-0.4, -0.2) is 0 Å². The van der Waals surface area contributed by atoms with E-state index >= 15 is 0 Å². The Morgan fingerprint density at radius 2 is 1.17 bits per heavy atom. The lowest BCUT2D eigenvalue weighted by Gasteiger charge is -2.12. The SMILES string of the molecule is O=P(C#Cc1ccc(Cl)cc1)(c1ccccc1)c1ccccc1. The van der Waals surface area contributed by atoms with Crippen molar-refractivity contribution in [2.45, 2.75) is 0 Å². The molecule has 0 bridgehead atoms. The molecule has 23 heavy (non-hydrogen) atoms. The van der Waals surface area contributed by atoms with Gasteiger partial charge in [-0.05, 0) is 29.9 Å². The number of hydrogen-bond acceptors (Lipinski definition) is 1. The summed E-state index contributed by atoms with van der Waals surface area (Å²) in [6.45, 7) is 0. The summed E-state index contributed by atoms with van der Waals surface area (Å²) in [6.07, 6.45) is 0. The molecule has 0 aliphatic rings. The van der Waals surface area contributed by atoms with Gasteiger partial charge in [-0.25, -0.2) is 0 Å². The average Bonchev–Trinajstić information content (AvgIpc) is 2.62. The number of hydrogen-bond donors (Lipinski definition) is 0. The van der Waals surface area contributed by atoms with Crippen LogP contribution in [-0.2, 0) is 4.57 Å². The Balaban J connectivity index is 2.11. The van der Waals surface area contributed by atoms with E-state index in [9.17, 15) is 4.57 Å². The molecule has 0 N–H and O–H groups in total. The zero-order valence-corrected chi connectivity index (χ0v) is 14.0. The standard InChI is InChI=1S/C20H14ClOP/c21-18-13-11-17(12-14-18)15-16-23(22,19-7-3-1-4-8-19)20-9-5-2-6-10-20/h1-14H. The van der Waals surface area contributed by atoms with Gasteiger partial charge in [-0.3, -0.25) is 4.57 Å². The first-order chi connectivity index (χ1) is 11.2. The van der Waals surface area contributed by atoms with Crippen molar-refractivity contribution < 1.29 is 4.57 Å². The minimum atomic E-state index is -3.00. The van der Waals surface area contributed by atoms with Crippen molar-refractivity contribution in [3.63, 3.8) is 0 Å². The summed E-state index contributed by atoms with van der Waals surface area (Å²) in [5, 5.41) is 2.14. The van der Waals surface area contributed by atoms with Gasteiger partial charge in [0.1, 0.15) is 0 Å². The van der Waals surface area contributed by atoms with E-state index in [4.69, 9.17) is 11.6 Å². The summed E-state index contributed by atoms with van der Waals surface area (Å²) in [5.74, 6) is 3.04. The molecule has 0 unspecified atom stereocenters. The predicted octanol–water partition coefficient (Wildman–Crippen LogP) is 4.66. The van der Waals surface area contributed by atoms with E-state index in [0.717, 1.165) is 16.2 Å². The van der Waals surface area contributed by atoms with Crippen LogP contribution in [0, 0.1) is 11.6 Å². The minimum Gasteiger partial charge on any atom is -0.300 e. The summed E-state index contributed by atoms with van der Waals surface area (Å²) < 4.78 is 13.7. The number of benzene rings is 3. The van der Waals surface area contributed by atoms with Gasteiger partial charge >= 0.3 is 0 Å². The smallest absolute Gasteiger partial charge is 0.211 e. The molecule has 0 heterocycles. The summed E-state index contributed by atoms with van der Waals surface area (Å²) in [5.41, 5.74) is 3.82. The summed E-state index contributed by atoms with van der Waals surface area (Å²) >= 11 is 5.89. The molecule has 0 fully saturated rings. The molecule has 0 spiro atoms. The molecule has 0 aliphatic carbocycles. The second kappa shape index (κ2) is 6.88. The highest BCUT2D eigenvalue weighted by molar-refractivity contribution is 7.83. The van der Waals surface area contributed by atoms with Crippen molar-refractivity contribution in [1.29, 1.82) is 0 Å². The van der Waals surface area contributed by atoms with Crippen molar-refractivity contribution in [2.24, 2.45) is 0 Å². The normalized spacial score (nSPS) is 10.7. The van der Waals surface area contributed by atoms with Gasteiger partial charge in [0, 0.05) is 21.2 Å². The molecular formula is C20H14ClOP. The fourth-order valence-electron chi connectivity index (χ4n) is 2.23. The largest absolute Gasteiger partial charge is 0.300 e. The van der Waals surface area contributed by atoms with Crippen LogP contribution in [0.4, 0.5) is 0 Å². The highest BCUT2D eigenvalue weighted by Gasteiger charge is 2.24. The van der Waals surface area contributed by atoms with Gasteiger partial charge in [0.15, 0.2) is 0 Å². The maximum absolute atomic E-state index is 13.7. The highest BCUT2D eigenvalue weighted by atomic mass is 35.5. The molecule has 0 aromatic heterocycles. The van der Waals surface area contributed by atoms with Crippen LogP contribution >= 0.6 is 18.7 Å². The number of rotatable bonds is 2. The van der Waals surface area contributed by atoms with Crippen molar-refractivity contribution in [3.05, 3.63) is 95.5 Å². The molecule has 0 saturated carbocycles. The first kappa shape index (κ1) is 15.6. The van der Waals surface area contributed by atoms with Crippen LogP contribution in [0.2, 0.25) is 5.02 Å². The Bertz CT molecular complexity index is 848. The maximum Gasteiger partial charge on any atom is 0.211 e. The maximum atomic E-state index is 13.7. The van der Waals surface area contributed by atoms with Gasteiger partial charge in [-0.2, -0.15) is 0 Å². The molecule has 3 heteroatoms. The first-order valence-corrected chi connectivity index (χ1v) is 9.27. The zero-order chi connectivity index (χ0) is 16.1. The molecule has 3 rings (SSSR count). The van der Waals surface area contributed by atoms with E-state index in [1.807, 2.05) is 72.8 Å². The van der Waals surface area contributed by atoms with Crippen LogP contribution < -0.4 is 10.6 Å². The second-order valence-corrected chi connectivity index (χ2v) is 7.94. The van der Waals surface area contributed by atoms with Crippen LogP contribution in [0.25, 0.3) is 0 Å². The van der Waals surface area contributed by atoms with Gasteiger partial charge in [0.25, 0.3) is 0 Å². The summed E-state index contributed by atoms with van der Waals surface area (Å²) in [6, 6.07) is 26.0. The van der Waals surface area contributed by atoms with Gasteiger partial charge in [0.05, 0.1) is 0 Å². The van der Waals surface area contributed by atoms with Crippen LogP contribution in [0.3, 0.4) is 0 Å². The van der Waals surface area contributed by atoms with E-state index in [0.29, 0.717) is 5.02 Å². The highest BCUT2D eigenvalue weighted by Crippen LogP contribution is 2.41. The Morgan fingerprint density at radius 3 is 1.65 bits per heavy atom. The topological polar surface area (TPSA) is 17.1 Å². The molecule has 1 nitrogen and oxygen atoms in total. The Hall–Kier alpha value is -2.26. The fraction of sp³-hybridized carbons (Fsp3) is 0. The van der Waals surface area contributed by atoms with Crippen LogP contribution in [0.1, 0.15) is 5.56 Å². The molecule has 0 aliphatic heterocycles. The van der Waals surface area contributed by atoms with Gasteiger partial charge in [-0.1, -0.05) is 78.2 Å². The molecule has 0 radical (unpaired) electrons. The van der Waals surface area contributed by atoms with E-state index in [1.165, 1.54) is 0 Å². The van der Waals surface area contributed by atoms with E-state index < -0.39 is 7.14 Å². The van der Waals surface area contributed by atoms with Crippen LogP contribution in [0.5, 0.6) is 0 Å². The van der Waals surface area contributed by atoms with Crippen LogP contribution in [0.15, 0.2) is 84.9 Å². The Kier molecular flexibility index (Phi) is 4.68. The van der Waals surface area contributed by atoms with E-state index in [1.54, 1.807) is 12.1 Å². The lowest BCUT2D eigenvalue weighted by molar-refractivity contribution is 0.593. The summed E-state index contributed by atoms with van der Waals surface area (Å²) in [7, 11) is -3.00. The molecule has 3 aromatic carbocycles. The van der Waals surface area contributed by atoms with E-state index in [-0.39, 0.29) is 0 Å². The minimum absolute atomic E-state index is 0.657. The van der Waals surface area contributed by atoms with Gasteiger partial charge in [-0.15, -0.1) is 0 Å². The zero-order valence-electron chi connectivity index (χ0n) is 12.3. The lowest BCUT2D eigenvalue weighted by atomic mass is 10.2. The number of halogens is 1. The fourth-order valence-corrected chi connectivity index (χ4v) is 4.38. The molecule has 112 valence electrons. The molecule has 0 atom stereocenters. The van der Waals surface area contributed by atoms with Gasteiger partial charge < -0.3 is 0 Å². The van der Waals surface area contributed by atoms with Crippen molar-refractivity contribution in [1.82, 2.24) is 0 Å². The molecule has 0 saturated heterocycles. The Labute approximate surface area is 141 Å². The Morgan fingerprint density at radius 1 is 0.696 bits per heavy atom. The lowest BCUT2D eigenvalue weighted by Crippen LogP contribution is -2.14. The summed E-state index contributed by atoms with van der Waals surface area (Å²) in [4.78, 5) is 0. The van der Waals surface area contributed by atoms with E-state index in [2.05, 4.69) is 11.6 Å². The third-order valence-corrected chi connectivity index (χ3v) is 6.17. The monoisotopic (exact) mass is 336 g/mol. The van der Waals surface area contributed by atoms with Crippen molar-refractivity contribution >= 4 is 29.4 Å². The average molecular weight is 337 g/mol. The first-order valence-electron chi connectivity index (χ1n) is 7.19. The quantitative estimate of drug-likeness (QED) is 0.491.